The summed E-state index contributed by atoms with van der Waals surface area (Å²) in [6.07, 6.45) is 0.436. The van der Waals surface area contributed by atoms with Crippen LogP contribution in [0.15, 0.2) is 12.3 Å². The molecule has 0 aromatic carbocycles. The minimum absolute atomic E-state index is 0.373. The average Bonchev–Trinajstić information content (AvgIpc) is 2.19. The predicted molar refractivity (Wildman–Crippen MR) is 57.0 cm³/mol. The number of hydrogen-bond acceptors (Lipinski definition) is 4. The molecule has 1 amide bonds. The molecular weight excluding hydrogens is 210 g/mol. The molecule has 0 aliphatic heterocycles. The van der Waals surface area contributed by atoms with E-state index < -0.39 is 18.2 Å². The van der Waals surface area contributed by atoms with Crippen LogP contribution in [-0.4, -0.2) is 33.4 Å². The predicted octanol–water partition coefficient (Wildman–Crippen LogP) is -0.240. The molecule has 0 spiro atoms. The van der Waals surface area contributed by atoms with Crippen LogP contribution in [0.25, 0.3) is 0 Å². The van der Waals surface area contributed by atoms with Gasteiger partial charge in [-0.3, -0.25) is 4.98 Å². The van der Waals surface area contributed by atoms with Crippen LogP contribution in [0.5, 0.6) is 0 Å². The SMILES string of the molecule is Nc1cnc2c(c1)CC(O)C(NC(=O)O)C2. The van der Waals surface area contributed by atoms with Gasteiger partial charge in [0.15, 0.2) is 0 Å². The summed E-state index contributed by atoms with van der Waals surface area (Å²) in [6.45, 7) is 0. The quantitative estimate of drug-likeness (QED) is 0.525. The lowest BCUT2D eigenvalue weighted by Crippen LogP contribution is -2.47. The van der Waals surface area contributed by atoms with Crippen LogP contribution in [0.1, 0.15) is 11.3 Å². The molecule has 16 heavy (non-hydrogen) atoms. The molecule has 0 saturated carbocycles. The second-order valence-electron chi connectivity index (χ2n) is 3.91. The van der Waals surface area contributed by atoms with Crippen molar-refractivity contribution in [2.75, 3.05) is 5.73 Å². The molecule has 2 unspecified atom stereocenters. The number of aliphatic hydroxyl groups excluding tert-OH is 1. The highest BCUT2D eigenvalue weighted by molar-refractivity contribution is 5.65. The van der Waals surface area contributed by atoms with Crippen molar-refractivity contribution in [3.8, 4) is 0 Å². The highest BCUT2D eigenvalue weighted by Crippen LogP contribution is 2.21. The fourth-order valence-electron chi connectivity index (χ4n) is 1.94. The van der Waals surface area contributed by atoms with Gasteiger partial charge in [-0.2, -0.15) is 0 Å². The lowest BCUT2D eigenvalue weighted by Gasteiger charge is -2.28. The van der Waals surface area contributed by atoms with Gasteiger partial charge in [0.05, 0.1) is 24.0 Å². The van der Waals surface area contributed by atoms with Crippen molar-refractivity contribution in [2.45, 2.75) is 25.0 Å². The number of nitrogens with one attached hydrogen (secondary N) is 1. The third kappa shape index (κ3) is 2.06. The first-order chi connectivity index (χ1) is 7.56. The third-order valence-electron chi connectivity index (χ3n) is 2.70. The van der Waals surface area contributed by atoms with Gasteiger partial charge < -0.3 is 21.3 Å². The molecule has 2 rings (SSSR count). The van der Waals surface area contributed by atoms with Gasteiger partial charge in [-0.1, -0.05) is 0 Å². The molecule has 6 heteroatoms. The highest BCUT2D eigenvalue weighted by atomic mass is 16.4. The van der Waals surface area contributed by atoms with Crippen molar-refractivity contribution in [1.29, 1.82) is 0 Å². The van der Waals surface area contributed by atoms with E-state index in [1.54, 1.807) is 6.07 Å². The van der Waals surface area contributed by atoms with Gasteiger partial charge in [0.1, 0.15) is 0 Å². The van der Waals surface area contributed by atoms with Crippen molar-refractivity contribution < 1.29 is 15.0 Å². The number of nitrogens with zero attached hydrogens (tertiary/aromatic N) is 1. The van der Waals surface area contributed by atoms with Crippen LogP contribution in [-0.2, 0) is 12.8 Å². The van der Waals surface area contributed by atoms with Crippen molar-refractivity contribution >= 4 is 11.8 Å². The Hall–Kier alpha value is -1.82. The number of hydrogen-bond donors (Lipinski definition) is 4. The zero-order valence-corrected chi connectivity index (χ0v) is 8.55. The number of amides is 1. The van der Waals surface area contributed by atoms with Crippen LogP contribution >= 0.6 is 0 Å². The molecule has 6 nitrogen and oxygen atoms in total. The van der Waals surface area contributed by atoms with Gasteiger partial charge in [0, 0.05) is 18.5 Å². The summed E-state index contributed by atoms with van der Waals surface area (Å²) >= 11 is 0. The summed E-state index contributed by atoms with van der Waals surface area (Å²) in [5.41, 5.74) is 7.82. The van der Waals surface area contributed by atoms with E-state index in [9.17, 15) is 9.90 Å². The monoisotopic (exact) mass is 223 g/mol. The fraction of sp³-hybridized carbons (Fsp3) is 0.400. The van der Waals surface area contributed by atoms with Gasteiger partial charge in [-0.15, -0.1) is 0 Å². The molecule has 86 valence electrons. The van der Waals surface area contributed by atoms with Gasteiger partial charge in [0.25, 0.3) is 0 Å². The Morgan fingerprint density at radius 3 is 3.00 bits per heavy atom. The summed E-state index contributed by atoms with van der Waals surface area (Å²) < 4.78 is 0. The molecule has 1 heterocycles. The van der Waals surface area contributed by atoms with Gasteiger partial charge in [-0.05, 0) is 11.6 Å². The zero-order chi connectivity index (χ0) is 11.7. The van der Waals surface area contributed by atoms with Crippen molar-refractivity contribution in [2.24, 2.45) is 0 Å². The fourth-order valence-corrected chi connectivity index (χ4v) is 1.94. The zero-order valence-electron chi connectivity index (χ0n) is 8.55. The number of aliphatic hydroxyl groups is 1. The molecule has 0 radical (unpaired) electrons. The molecule has 5 N–H and O–H groups in total. The molecule has 1 aliphatic rings. The maximum Gasteiger partial charge on any atom is 0.404 e. The number of pyridine rings is 1. The topological polar surface area (TPSA) is 108 Å². The Kier molecular flexibility index (Phi) is 2.66. The second-order valence-corrected chi connectivity index (χ2v) is 3.91. The molecule has 0 saturated heterocycles. The van der Waals surface area contributed by atoms with Gasteiger partial charge >= 0.3 is 6.09 Å². The van der Waals surface area contributed by atoms with E-state index in [0.29, 0.717) is 18.5 Å². The Bertz CT molecular complexity index is 422. The molecule has 2 atom stereocenters. The van der Waals surface area contributed by atoms with Crippen LogP contribution in [0, 0.1) is 0 Å². The van der Waals surface area contributed by atoms with Crippen LogP contribution in [0.2, 0.25) is 0 Å². The minimum atomic E-state index is -1.14. The first-order valence-corrected chi connectivity index (χ1v) is 4.97. The third-order valence-corrected chi connectivity index (χ3v) is 2.70. The maximum atomic E-state index is 10.5. The van der Waals surface area contributed by atoms with Crippen molar-refractivity contribution in [1.82, 2.24) is 10.3 Å². The Morgan fingerprint density at radius 2 is 2.31 bits per heavy atom. The van der Waals surface area contributed by atoms with E-state index in [2.05, 4.69) is 10.3 Å². The number of rotatable bonds is 1. The molecule has 0 fully saturated rings. The first kappa shape index (κ1) is 10.7. The van der Waals surface area contributed by atoms with E-state index >= 15 is 0 Å². The molecular formula is C10H13N3O3. The summed E-state index contributed by atoms with van der Waals surface area (Å²) in [5, 5.41) is 20.7. The number of aromatic nitrogens is 1. The summed E-state index contributed by atoms with van der Waals surface area (Å²) in [7, 11) is 0. The van der Waals surface area contributed by atoms with Gasteiger partial charge in [-0.25, -0.2) is 4.79 Å². The smallest absolute Gasteiger partial charge is 0.404 e. The standard InChI is InChI=1S/C10H13N3O3/c11-6-1-5-2-9(14)8(13-10(15)16)3-7(5)12-4-6/h1,4,8-9,13-14H,2-3,11H2,(H,15,16). The number of anilines is 1. The number of nitrogen functional groups attached to an aromatic ring is 1. The Labute approximate surface area is 92.1 Å². The van der Waals surface area contributed by atoms with Crippen molar-refractivity contribution in [3.63, 3.8) is 0 Å². The Balaban J connectivity index is 2.21. The lowest BCUT2D eigenvalue weighted by molar-refractivity contribution is 0.112. The number of fused-ring (bicyclic) bond motifs is 1. The maximum absolute atomic E-state index is 10.5. The Morgan fingerprint density at radius 1 is 1.56 bits per heavy atom. The van der Waals surface area contributed by atoms with Crippen LogP contribution < -0.4 is 11.1 Å². The molecule has 0 bridgehead atoms. The van der Waals surface area contributed by atoms with E-state index in [1.165, 1.54) is 6.20 Å². The normalized spacial score (nSPS) is 23.6. The summed E-state index contributed by atoms with van der Waals surface area (Å²) in [5.74, 6) is 0. The lowest BCUT2D eigenvalue weighted by atomic mass is 9.89. The molecule has 1 aliphatic carbocycles. The molecule has 1 aromatic rings. The molecule has 1 aromatic heterocycles. The van der Waals surface area contributed by atoms with E-state index in [4.69, 9.17) is 10.8 Å². The van der Waals surface area contributed by atoms with Crippen molar-refractivity contribution in [3.05, 3.63) is 23.5 Å². The largest absolute Gasteiger partial charge is 0.465 e. The van der Waals surface area contributed by atoms with Crippen LogP contribution in [0.4, 0.5) is 10.5 Å². The number of nitrogens with two attached hydrogens (primary N) is 1. The highest BCUT2D eigenvalue weighted by Gasteiger charge is 2.28. The summed E-state index contributed by atoms with van der Waals surface area (Å²) in [4.78, 5) is 14.7. The first-order valence-electron chi connectivity index (χ1n) is 4.97. The van der Waals surface area contributed by atoms with E-state index in [1.807, 2.05) is 0 Å². The van der Waals surface area contributed by atoms with E-state index in [0.717, 1.165) is 11.3 Å². The van der Waals surface area contributed by atoms with Crippen LogP contribution in [0.3, 0.4) is 0 Å². The van der Waals surface area contributed by atoms with E-state index in [-0.39, 0.29) is 0 Å². The van der Waals surface area contributed by atoms with Gasteiger partial charge in [0.2, 0.25) is 0 Å². The minimum Gasteiger partial charge on any atom is -0.465 e. The average molecular weight is 223 g/mol. The number of carboxylic acid groups (broad SMARTS) is 1. The second kappa shape index (κ2) is 3.97. The number of carbonyl (C=O) groups is 1. The summed E-state index contributed by atoms with van der Waals surface area (Å²) in [6, 6.07) is 1.27.